The van der Waals surface area contributed by atoms with Crippen molar-refractivity contribution in [3.05, 3.63) is 35.8 Å². The molecule has 2 aromatic heterocycles. The Morgan fingerprint density at radius 1 is 1.14 bits per heavy atom. The minimum atomic E-state index is 0.791. The van der Waals surface area contributed by atoms with E-state index in [4.69, 9.17) is 4.74 Å². The van der Waals surface area contributed by atoms with Gasteiger partial charge in [-0.05, 0) is 25.0 Å². The summed E-state index contributed by atoms with van der Waals surface area (Å²) >= 11 is 0. The van der Waals surface area contributed by atoms with Crippen LogP contribution in [0.1, 0.15) is 17.7 Å². The van der Waals surface area contributed by atoms with Gasteiger partial charge in [0.25, 0.3) is 0 Å². The third-order valence-electron chi connectivity index (χ3n) is 4.40. The number of anilines is 2. The fourth-order valence-corrected chi connectivity index (χ4v) is 3.16. The summed E-state index contributed by atoms with van der Waals surface area (Å²) in [6, 6.07) is 4.18. The van der Waals surface area contributed by atoms with E-state index in [9.17, 15) is 0 Å². The van der Waals surface area contributed by atoms with E-state index in [0.717, 1.165) is 51.6 Å². The van der Waals surface area contributed by atoms with Crippen LogP contribution in [0.2, 0.25) is 0 Å². The Hall–Kier alpha value is -2.08. The van der Waals surface area contributed by atoms with Gasteiger partial charge in [-0.1, -0.05) is 0 Å². The summed E-state index contributed by atoms with van der Waals surface area (Å²) in [5.41, 5.74) is 3.83. The molecule has 0 radical (unpaired) electrons. The van der Waals surface area contributed by atoms with Crippen LogP contribution < -0.4 is 10.2 Å². The second-order valence-corrected chi connectivity index (χ2v) is 5.80. The van der Waals surface area contributed by atoms with Gasteiger partial charge in [0.2, 0.25) is 0 Å². The summed E-state index contributed by atoms with van der Waals surface area (Å²) in [5.74, 6) is 0.912. The van der Waals surface area contributed by atoms with E-state index in [1.54, 1.807) is 0 Å². The number of aryl methyl sites for hydroxylation is 1. The van der Waals surface area contributed by atoms with Gasteiger partial charge in [0.15, 0.2) is 0 Å². The minimum Gasteiger partial charge on any atom is -0.378 e. The molecular formula is C16H21N5O. The van der Waals surface area contributed by atoms with Crippen molar-refractivity contribution < 1.29 is 4.74 Å². The molecular weight excluding hydrogens is 278 g/mol. The molecule has 2 aliphatic rings. The lowest BCUT2D eigenvalue weighted by Crippen LogP contribution is -2.36. The van der Waals surface area contributed by atoms with Gasteiger partial charge in [-0.3, -0.25) is 4.68 Å². The van der Waals surface area contributed by atoms with Crippen LogP contribution in [0, 0.1) is 0 Å². The van der Waals surface area contributed by atoms with Gasteiger partial charge in [-0.15, -0.1) is 0 Å². The first-order chi connectivity index (χ1) is 10.9. The van der Waals surface area contributed by atoms with Gasteiger partial charge >= 0.3 is 0 Å². The predicted octanol–water partition coefficient (Wildman–Crippen LogP) is 1.67. The second-order valence-electron chi connectivity index (χ2n) is 5.80. The number of nitrogens with zero attached hydrogens (tertiary/aromatic N) is 4. The third-order valence-corrected chi connectivity index (χ3v) is 4.40. The minimum absolute atomic E-state index is 0.791. The highest BCUT2D eigenvalue weighted by atomic mass is 16.5. The van der Waals surface area contributed by atoms with Crippen LogP contribution >= 0.6 is 0 Å². The molecule has 22 heavy (non-hydrogen) atoms. The average molecular weight is 299 g/mol. The maximum absolute atomic E-state index is 5.38. The van der Waals surface area contributed by atoms with Gasteiger partial charge < -0.3 is 15.0 Å². The summed E-state index contributed by atoms with van der Waals surface area (Å²) in [6.07, 6.45) is 6.27. The lowest BCUT2D eigenvalue weighted by molar-refractivity contribution is 0.122. The predicted molar refractivity (Wildman–Crippen MR) is 85.1 cm³/mol. The maximum atomic E-state index is 5.38. The monoisotopic (exact) mass is 299 g/mol. The molecule has 0 saturated carbocycles. The van der Waals surface area contributed by atoms with Gasteiger partial charge in [-0.25, -0.2) is 4.98 Å². The Morgan fingerprint density at radius 2 is 2.05 bits per heavy atom. The van der Waals surface area contributed by atoms with Gasteiger partial charge in [0.05, 0.1) is 31.3 Å². The molecule has 0 atom stereocenters. The van der Waals surface area contributed by atoms with Gasteiger partial charge in [-0.2, -0.15) is 5.10 Å². The summed E-state index contributed by atoms with van der Waals surface area (Å²) < 4.78 is 7.50. The molecule has 4 heterocycles. The Kier molecular flexibility index (Phi) is 3.68. The Morgan fingerprint density at radius 3 is 2.86 bits per heavy atom. The van der Waals surface area contributed by atoms with Crippen LogP contribution in [0.15, 0.2) is 24.5 Å². The third kappa shape index (κ3) is 2.66. The zero-order chi connectivity index (χ0) is 14.8. The highest BCUT2D eigenvalue weighted by Gasteiger charge is 2.16. The highest BCUT2D eigenvalue weighted by Crippen LogP contribution is 2.20. The van der Waals surface area contributed by atoms with Gasteiger partial charge in [0, 0.05) is 37.4 Å². The van der Waals surface area contributed by atoms with E-state index in [0.29, 0.717) is 0 Å². The molecule has 0 amide bonds. The maximum Gasteiger partial charge on any atom is 0.126 e. The number of morpholine rings is 1. The molecule has 4 rings (SSSR count). The molecule has 1 fully saturated rings. The molecule has 1 saturated heterocycles. The largest absolute Gasteiger partial charge is 0.378 e. The lowest BCUT2D eigenvalue weighted by Gasteiger charge is -2.28. The van der Waals surface area contributed by atoms with Crippen LogP contribution in [0.3, 0.4) is 0 Å². The van der Waals surface area contributed by atoms with Crippen LogP contribution in [0.25, 0.3) is 0 Å². The number of nitrogens with one attached hydrogen (secondary N) is 1. The fraction of sp³-hybridized carbons (Fsp3) is 0.500. The number of hydrogen-bond acceptors (Lipinski definition) is 5. The zero-order valence-corrected chi connectivity index (χ0v) is 12.7. The van der Waals surface area contributed by atoms with E-state index < -0.39 is 0 Å². The van der Waals surface area contributed by atoms with Crippen LogP contribution in [0.4, 0.5) is 11.5 Å². The number of pyridine rings is 1. The number of fused-ring (bicyclic) bond motifs is 1. The molecule has 0 unspecified atom stereocenters. The first-order valence-corrected chi connectivity index (χ1v) is 7.96. The molecule has 0 bridgehead atoms. The van der Waals surface area contributed by atoms with E-state index in [-0.39, 0.29) is 0 Å². The van der Waals surface area contributed by atoms with Crippen molar-refractivity contribution in [3.63, 3.8) is 0 Å². The summed E-state index contributed by atoms with van der Waals surface area (Å²) in [7, 11) is 0. The molecule has 0 aromatic carbocycles. The van der Waals surface area contributed by atoms with E-state index in [2.05, 4.69) is 37.1 Å². The second kappa shape index (κ2) is 5.96. The summed E-state index contributed by atoms with van der Waals surface area (Å²) in [5, 5.41) is 7.82. The van der Waals surface area contributed by atoms with Crippen molar-refractivity contribution in [3.8, 4) is 0 Å². The standard InChI is InChI=1S/C16H21N5O/c1-2-15-13(11-19-21(15)5-1)10-17-16-4-3-14(12-18-16)20-6-8-22-9-7-20/h3-4,11-12H,1-2,5-10H2,(H,17,18). The Bertz CT molecular complexity index is 630. The molecule has 6 heteroatoms. The Balaban J connectivity index is 1.38. The zero-order valence-electron chi connectivity index (χ0n) is 12.7. The molecule has 2 aliphatic heterocycles. The number of aromatic nitrogens is 3. The van der Waals surface area contributed by atoms with Crippen molar-refractivity contribution in [2.24, 2.45) is 0 Å². The van der Waals surface area contributed by atoms with E-state index in [1.165, 1.54) is 23.4 Å². The van der Waals surface area contributed by atoms with Crippen molar-refractivity contribution >= 4 is 11.5 Å². The molecule has 0 aliphatic carbocycles. The number of hydrogen-bond donors (Lipinski definition) is 1. The van der Waals surface area contributed by atoms with Crippen LogP contribution in [-0.4, -0.2) is 41.1 Å². The average Bonchev–Trinajstić information content (AvgIpc) is 3.18. The molecule has 6 nitrogen and oxygen atoms in total. The van der Waals surface area contributed by atoms with E-state index in [1.807, 2.05) is 12.4 Å². The molecule has 2 aromatic rings. The quantitative estimate of drug-likeness (QED) is 0.931. The van der Waals surface area contributed by atoms with Crippen molar-refractivity contribution in [2.75, 3.05) is 36.5 Å². The summed E-state index contributed by atoms with van der Waals surface area (Å²) in [6.45, 7) is 5.33. The normalized spacial score (nSPS) is 17.5. The van der Waals surface area contributed by atoms with E-state index >= 15 is 0 Å². The van der Waals surface area contributed by atoms with Crippen molar-refractivity contribution in [1.29, 1.82) is 0 Å². The van der Waals surface area contributed by atoms with Crippen molar-refractivity contribution in [1.82, 2.24) is 14.8 Å². The topological polar surface area (TPSA) is 55.2 Å². The molecule has 1 N–H and O–H groups in total. The smallest absolute Gasteiger partial charge is 0.126 e. The van der Waals surface area contributed by atoms with Crippen LogP contribution in [-0.2, 0) is 24.2 Å². The first-order valence-electron chi connectivity index (χ1n) is 7.96. The Labute approximate surface area is 130 Å². The fourth-order valence-electron chi connectivity index (χ4n) is 3.16. The van der Waals surface area contributed by atoms with Gasteiger partial charge in [0.1, 0.15) is 5.82 Å². The lowest BCUT2D eigenvalue weighted by atomic mass is 10.2. The highest BCUT2D eigenvalue weighted by molar-refractivity contribution is 5.50. The number of rotatable bonds is 4. The summed E-state index contributed by atoms with van der Waals surface area (Å²) in [4.78, 5) is 6.84. The molecule has 0 spiro atoms. The van der Waals surface area contributed by atoms with Crippen molar-refractivity contribution in [2.45, 2.75) is 25.9 Å². The first kappa shape index (κ1) is 13.6. The SMILES string of the molecule is c1cc(NCc2cnn3c2CCC3)ncc1N1CCOCC1. The number of ether oxygens (including phenoxy) is 1. The molecule has 116 valence electrons. The van der Waals surface area contributed by atoms with Crippen LogP contribution in [0.5, 0.6) is 0 Å².